The van der Waals surface area contributed by atoms with Crippen LogP contribution in [0.25, 0.3) is 10.9 Å². The largest absolute Gasteiger partial charge is 0.573 e. The average molecular weight is 557 g/mol. The fraction of sp³-hybridized carbons (Fsp3) is 0.207. The maximum Gasteiger partial charge on any atom is 0.573 e. The summed E-state index contributed by atoms with van der Waals surface area (Å²) in [5.74, 6) is -1.71. The smallest absolute Gasteiger partial charge is 0.406 e. The predicted octanol–water partition coefficient (Wildman–Crippen LogP) is 6.55. The van der Waals surface area contributed by atoms with Gasteiger partial charge in [-0.25, -0.2) is 0 Å². The molecule has 1 atom stereocenters. The zero-order valence-electron chi connectivity index (χ0n) is 21.0. The fourth-order valence-corrected chi connectivity index (χ4v) is 4.84. The first-order valence-electron chi connectivity index (χ1n) is 12.0. The van der Waals surface area contributed by atoms with Crippen molar-refractivity contribution in [2.24, 2.45) is 0 Å². The predicted molar refractivity (Wildman–Crippen MR) is 141 cm³/mol. The van der Waals surface area contributed by atoms with Gasteiger partial charge < -0.3 is 9.30 Å². The molecular weight excluding hydrogens is 533 g/mol. The van der Waals surface area contributed by atoms with Gasteiger partial charge in [0.15, 0.2) is 5.78 Å². The van der Waals surface area contributed by atoms with Gasteiger partial charge in [-0.1, -0.05) is 42.8 Å². The third-order valence-corrected chi connectivity index (χ3v) is 6.74. The lowest BCUT2D eigenvalue weighted by atomic mass is 9.94. The second kappa shape index (κ2) is 11.3. The van der Waals surface area contributed by atoms with Crippen molar-refractivity contribution in [3.63, 3.8) is 0 Å². The number of nitrogens with one attached hydrogen (secondary N) is 1. The monoisotopic (exact) mass is 556 g/mol. The third kappa shape index (κ3) is 6.15. The molecule has 1 heterocycles. The summed E-state index contributed by atoms with van der Waals surface area (Å²) in [6, 6.07) is 17.4. The highest BCUT2D eigenvalue weighted by Crippen LogP contribution is 2.34. The van der Waals surface area contributed by atoms with Crippen LogP contribution in [0.15, 0.2) is 66.7 Å². The van der Waals surface area contributed by atoms with Crippen molar-refractivity contribution in [3.05, 3.63) is 99.7 Å². The van der Waals surface area contributed by atoms with Gasteiger partial charge in [0.2, 0.25) is 12.3 Å². The number of ketones is 1. The molecule has 4 rings (SSSR count). The number of carbonyl (C=O) groups is 3. The summed E-state index contributed by atoms with van der Waals surface area (Å²) >= 11 is 5.97. The molecule has 0 radical (unpaired) electrons. The van der Waals surface area contributed by atoms with E-state index >= 15 is 0 Å². The van der Waals surface area contributed by atoms with Crippen LogP contribution < -0.4 is 10.1 Å². The molecule has 0 saturated carbocycles. The third-order valence-electron chi connectivity index (χ3n) is 6.48. The normalized spacial score (nSPS) is 12.3. The second-order valence-electron chi connectivity index (χ2n) is 8.94. The number of halogens is 4. The van der Waals surface area contributed by atoms with Crippen molar-refractivity contribution in [3.8, 4) is 5.75 Å². The molecule has 4 aromatic rings. The van der Waals surface area contributed by atoms with E-state index in [0.717, 1.165) is 5.56 Å². The molecule has 0 aliphatic heterocycles. The van der Waals surface area contributed by atoms with Crippen molar-refractivity contribution < 1.29 is 32.3 Å². The van der Waals surface area contributed by atoms with Crippen LogP contribution in [0.4, 0.5) is 13.2 Å². The number of ether oxygens (including phenoxy) is 1. The average Bonchev–Trinajstić information content (AvgIpc) is 3.14. The van der Waals surface area contributed by atoms with Gasteiger partial charge in [0.1, 0.15) is 5.75 Å². The zero-order valence-corrected chi connectivity index (χ0v) is 21.8. The summed E-state index contributed by atoms with van der Waals surface area (Å²) in [6.07, 6.45) is -4.09. The zero-order chi connectivity index (χ0) is 28.3. The number of fused-ring (bicyclic) bond motifs is 1. The number of nitrogens with zero attached hydrogens (tertiary/aromatic N) is 1. The van der Waals surface area contributed by atoms with Gasteiger partial charge in [-0.2, -0.15) is 0 Å². The number of carbonyl (C=O) groups excluding carboxylic acids is 3. The Balaban J connectivity index is 1.83. The number of amides is 2. The summed E-state index contributed by atoms with van der Waals surface area (Å²) in [4.78, 5) is 36.7. The van der Waals surface area contributed by atoms with Crippen LogP contribution in [-0.4, -0.2) is 29.0 Å². The van der Waals surface area contributed by atoms with Crippen LogP contribution in [-0.2, 0) is 16.1 Å². The summed E-state index contributed by atoms with van der Waals surface area (Å²) in [7, 11) is 0. The first kappa shape index (κ1) is 27.9. The number of hydrogen-bond acceptors (Lipinski definition) is 4. The van der Waals surface area contributed by atoms with E-state index in [9.17, 15) is 27.6 Å². The lowest BCUT2D eigenvalue weighted by Crippen LogP contribution is -2.27. The molecule has 39 heavy (non-hydrogen) atoms. The number of rotatable bonds is 9. The molecule has 0 aliphatic rings. The highest BCUT2D eigenvalue weighted by Gasteiger charge is 2.32. The Morgan fingerprint density at radius 1 is 1.08 bits per heavy atom. The van der Waals surface area contributed by atoms with Crippen molar-refractivity contribution in [2.75, 3.05) is 0 Å². The van der Waals surface area contributed by atoms with Gasteiger partial charge >= 0.3 is 6.36 Å². The van der Waals surface area contributed by atoms with E-state index in [-0.39, 0.29) is 12.3 Å². The van der Waals surface area contributed by atoms with E-state index in [1.54, 1.807) is 54.0 Å². The lowest BCUT2D eigenvalue weighted by molar-refractivity contribution is -0.274. The summed E-state index contributed by atoms with van der Waals surface area (Å²) in [6.45, 7) is 3.75. The van der Waals surface area contributed by atoms with Gasteiger partial charge in [0, 0.05) is 34.3 Å². The Hall–Kier alpha value is -4.11. The Morgan fingerprint density at radius 2 is 1.79 bits per heavy atom. The van der Waals surface area contributed by atoms with Gasteiger partial charge in [-0.05, 0) is 60.9 Å². The minimum Gasteiger partial charge on any atom is -0.406 e. The van der Waals surface area contributed by atoms with Crippen LogP contribution in [0.5, 0.6) is 5.75 Å². The van der Waals surface area contributed by atoms with Gasteiger partial charge in [-0.15, -0.1) is 13.2 Å². The number of alkyl halides is 3. The highest BCUT2D eigenvalue weighted by atomic mass is 35.5. The van der Waals surface area contributed by atoms with Crippen LogP contribution in [0.2, 0.25) is 5.02 Å². The van der Waals surface area contributed by atoms with Gasteiger partial charge in [-0.3, -0.25) is 19.7 Å². The van der Waals surface area contributed by atoms with Crippen molar-refractivity contribution in [1.82, 2.24) is 9.88 Å². The Morgan fingerprint density at radius 3 is 2.44 bits per heavy atom. The Kier molecular flexibility index (Phi) is 8.11. The Bertz CT molecular complexity index is 1540. The summed E-state index contributed by atoms with van der Waals surface area (Å²) in [5.41, 5.74) is 3.08. The minimum atomic E-state index is -4.88. The molecule has 1 unspecified atom stereocenters. The topological polar surface area (TPSA) is 77.4 Å². The molecule has 0 aliphatic carbocycles. The highest BCUT2D eigenvalue weighted by molar-refractivity contribution is 6.30. The van der Waals surface area contributed by atoms with Crippen molar-refractivity contribution >= 4 is 40.6 Å². The molecule has 202 valence electrons. The van der Waals surface area contributed by atoms with Crippen molar-refractivity contribution in [1.29, 1.82) is 0 Å². The number of hydrogen-bond donors (Lipinski definition) is 1. The molecule has 1 aromatic heterocycles. The van der Waals surface area contributed by atoms with E-state index < -0.39 is 23.9 Å². The standard InChI is InChI=1S/C29H24ClF3N2O4/c1-3-23(28(38)34-16-36)20-6-4-5-18(13-20)15-35-17(2)26(27(37)19-7-9-21(30)10-8-19)24-12-11-22(14-25(24)35)39-29(31,32)33/h4-14,16,23H,3,15H2,1-2H3,(H,34,36,38). The SMILES string of the molecule is CCC(C(=O)NC=O)c1cccc(Cn2c(C)c(C(=O)c3ccc(Cl)cc3)c3ccc(OC(F)(F)F)cc32)c1. The van der Waals surface area contributed by atoms with Crippen LogP contribution in [0, 0.1) is 6.92 Å². The van der Waals surface area contributed by atoms with Crippen molar-refractivity contribution in [2.45, 2.75) is 39.1 Å². The van der Waals surface area contributed by atoms with E-state index in [0.29, 0.717) is 51.1 Å². The fourth-order valence-electron chi connectivity index (χ4n) is 4.71. The minimum absolute atomic E-state index is 0.200. The summed E-state index contributed by atoms with van der Waals surface area (Å²) in [5, 5.41) is 3.11. The summed E-state index contributed by atoms with van der Waals surface area (Å²) < 4.78 is 44.8. The first-order valence-corrected chi connectivity index (χ1v) is 12.4. The van der Waals surface area contributed by atoms with E-state index in [1.165, 1.54) is 18.2 Å². The molecule has 0 fully saturated rings. The molecule has 6 nitrogen and oxygen atoms in total. The number of imide groups is 1. The lowest BCUT2D eigenvalue weighted by Gasteiger charge is -2.16. The first-order chi connectivity index (χ1) is 18.5. The van der Waals surface area contributed by atoms with E-state index in [2.05, 4.69) is 10.1 Å². The number of benzene rings is 3. The maximum absolute atomic E-state index is 13.6. The van der Waals surface area contributed by atoms with Crippen LogP contribution >= 0.6 is 11.6 Å². The molecule has 1 N–H and O–H groups in total. The molecule has 0 spiro atoms. The quantitative estimate of drug-likeness (QED) is 0.187. The molecule has 10 heteroatoms. The number of aromatic nitrogens is 1. The Labute approximate surface area is 227 Å². The molecule has 3 aromatic carbocycles. The van der Waals surface area contributed by atoms with Crippen LogP contribution in [0.1, 0.15) is 52.0 Å². The van der Waals surface area contributed by atoms with Gasteiger partial charge in [0.25, 0.3) is 0 Å². The molecule has 0 saturated heterocycles. The second-order valence-corrected chi connectivity index (χ2v) is 9.38. The van der Waals surface area contributed by atoms with E-state index in [1.807, 2.05) is 13.0 Å². The molecular formula is C29H24ClF3N2O4. The molecule has 0 bridgehead atoms. The molecule has 2 amide bonds. The van der Waals surface area contributed by atoms with Gasteiger partial charge in [0.05, 0.1) is 17.0 Å². The van der Waals surface area contributed by atoms with E-state index in [4.69, 9.17) is 11.6 Å². The van der Waals surface area contributed by atoms with Crippen LogP contribution in [0.3, 0.4) is 0 Å². The maximum atomic E-state index is 13.6.